The molecule has 0 amide bonds. The third-order valence-electron chi connectivity index (χ3n) is 5.16. The van der Waals surface area contributed by atoms with Gasteiger partial charge in [-0.1, -0.05) is 46.4 Å². The first-order valence-corrected chi connectivity index (χ1v) is 11.6. The highest BCUT2D eigenvalue weighted by Crippen LogP contribution is 2.61. The molecule has 0 saturated heterocycles. The van der Waals surface area contributed by atoms with Gasteiger partial charge in [0.25, 0.3) is 0 Å². The first-order valence-electron chi connectivity index (χ1n) is 8.82. The molecule has 0 fully saturated rings. The zero-order valence-corrected chi connectivity index (χ0v) is 19.4. The van der Waals surface area contributed by atoms with Crippen LogP contribution in [0.4, 0.5) is 0 Å². The van der Waals surface area contributed by atoms with E-state index in [4.69, 9.17) is 65.9 Å². The minimum atomic E-state index is -2.19. The van der Waals surface area contributed by atoms with Crippen LogP contribution in [-0.4, -0.2) is 16.0 Å². The highest BCUT2D eigenvalue weighted by Gasteiger charge is 2.56. The van der Waals surface area contributed by atoms with Crippen LogP contribution in [-0.2, 0) is 10.3 Å². The maximum absolute atomic E-state index is 13.0. The standard InChI is InChI=1S/C20H10Cl4NO6P/c21-15-13-14(16(22)18(24)17(15)23)20(30-19(13)27)9-3-1-7(26)5-11(9)29-12-6-8(31-32(25)28)2-4-10(12)20/h1-6,26,28H,25H2. The zero-order chi connectivity index (χ0) is 22.9. The third-order valence-corrected chi connectivity index (χ3v) is 7.36. The minimum Gasteiger partial charge on any atom is -0.508 e. The van der Waals surface area contributed by atoms with Gasteiger partial charge in [-0.25, -0.2) is 4.79 Å². The van der Waals surface area contributed by atoms with Crippen LogP contribution >= 0.6 is 54.9 Å². The van der Waals surface area contributed by atoms with Gasteiger partial charge in [0.15, 0.2) is 5.60 Å². The van der Waals surface area contributed by atoms with Crippen molar-refractivity contribution in [2.24, 2.45) is 5.50 Å². The number of fused-ring (bicyclic) bond motifs is 6. The maximum Gasteiger partial charge on any atom is 0.341 e. The van der Waals surface area contributed by atoms with Crippen LogP contribution in [0.5, 0.6) is 23.0 Å². The number of hydrogen-bond donors (Lipinski definition) is 3. The monoisotopic (exact) mass is 531 g/mol. The van der Waals surface area contributed by atoms with Gasteiger partial charge in [0.1, 0.15) is 23.0 Å². The summed E-state index contributed by atoms with van der Waals surface area (Å²) >= 11 is 25.5. The number of benzene rings is 3. The Kier molecular flexibility index (Phi) is 5.15. The fraction of sp³-hybridized carbons (Fsp3) is 0.0500. The van der Waals surface area contributed by atoms with Crippen LogP contribution in [0.15, 0.2) is 36.4 Å². The van der Waals surface area contributed by atoms with Crippen molar-refractivity contribution < 1.29 is 28.8 Å². The van der Waals surface area contributed by atoms with Crippen LogP contribution < -0.4 is 14.8 Å². The molecule has 0 radical (unpaired) electrons. The molecule has 2 aliphatic heterocycles. The molecule has 3 aromatic carbocycles. The fourth-order valence-electron chi connectivity index (χ4n) is 3.97. The quantitative estimate of drug-likeness (QED) is 0.157. The van der Waals surface area contributed by atoms with Crippen LogP contribution in [0.1, 0.15) is 27.0 Å². The molecule has 2 heterocycles. The third kappa shape index (κ3) is 2.97. The van der Waals surface area contributed by atoms with Crippen molar-refractivity contribution in [1.29, 1.82) is 0 Å². The molecule has 2 atom stereocenters. The van der Waals surface area contributed by atoms with E-state index in [1.807, 2.05) is 0 Å². The number of nitrogens with two attached hydrogens (primary N) is 1. The number of phenolic OH excluding ortho intramolecular Hbond substituents is 1. The Morgan fingerprint density at radius 2 is 1.56 bits per heavy atom. The Balaban J connectivity index is 1.89. The first kappa shape index (κ1) is 21.9. The smallest absolute Gasteiger partial charge is 0.341 e. The summed E-state index contributed by atoms with van der Waals surface area (Å²) in [5.41, 5.74) is 4.67. The molecule has 164 valence electrons. The lowest BCUT2D eigenvalue weighted by atomic mass is 9.77. The van der Waals surface area contributed by atoms with Crippen molar-refractivity contribution in [3.63, 3.8) is 0 Å². The first-order chi connectivity index (χ1) is 15.1. The number of phenols is 1. The lowest BCUT2D eigenvalue weighted by Gasteiger charge is -2.37. The van der Waals surface area contributed by atoms with E-state index in [0.717, 1.165) is 0 Å². The van der Waals surface area contributed by atoms with Gasteiger partial charge in [0.2, 0.25) is 0 Å². The number of hydrogen-bond acceptors (Lipinski definition) is 7. The van der Waals surface area contributed by atoms with Gasteiger partial charge in [-0.2, -0.15) is 0 Å². The Morgan fingerprint density at radius 3 is 2.25 bits per heavy atom. The number of carbonyl (C=O) groups excluding carboxylic acids is 1. The predicted molar refractivity (Wildman–Crippen MR) is 120 cm³/mol. The average Bonchev–Trinajstić information content (AvgIpc) is 3.03. The van der Waals surface area contributed by atoms with E-state index in [2.05, 4.69) is 0 Å². The second kappa shape index (κ2) is 7.54. The minimum absolute atomic E-state index is 0.0186. The Bertz CT molecular complexity index is 1330. The van der Waals surface area contributed by atoms with E-state index in [9.17, 15) is 14.8 Å². The van der Waals surface area contributed by atoms with E-state index in [1.165, 1.54) is 24.3 Å². The summed E-state index contributed by atoms with van der Waals surface area (Å²) in [6, 6.07) is 8.87. The van der Waals surface area contributed by atoms with Crippen molar-refractivity contribution >= 4 is 60.9 Å². The number of aromatic hydroxyl groups is 1. The summed E-state index contributed by atoms with van der Waals surface area (Å²) in [4.78, 5) is 22.5. The Hall–Kier alpha value is -1.96. The number of rotatable bonds is 2. The van der Waals surface area contributed by atoms with Crippen molar-refractivity contribution in [3.05, 3.63) is 78.7 Å². The van der Waals surface area contributed by atoms with Gasteiger partial charge in [-0.3, -0.25) is 5.50 Å². The topological polar surface area (TPSA) is 111 Å². The molecule has 4 N–H and O–H groups in total. The van der Waals surface area contributed by atoms with E-state index < -0.39 is 20.1 Å². The fourth-order valence-corrected chi connectivity index (χ4v) is 5.36. The van der Waals surface area contributed by atoms with Gasteiger partial charge >= 0.3 is 14.5 Å². The molecule has 0 aromatic heterocycles. The molecular formula is C20H10Cl4NO6P. The maximum atomic E-state index is 13.0. The molecule has 5 rings (SSSR count). The van der Waals surface area contributed by atoms with Gasteiger partial charge < -0.3 is 24.0 Å². The van der Waals surface area contributed by atoms with Crippen molar-refractivity contribution in [3.8, 4) is 23.0 Å². The van der Waals surface area contributed by atoms with Crippen LogP contribution in [0.25, 0.3) is 0 Å². The van der Waals surface area contributed by atoms with E-state index in [0.29, 0.717) is 11.1 Å². The van der Waals surface area contributed by atoms with E-state index >= 15 is 0 Å². The molecule has 2 unspecified atom stereocenters. The molecule has 0 bridgehead atoms. The van der Waals surface area contributed by atoms with Crippen molar-refractivity contribution in [2.45, 2.75) is 5.60 Å². The summed E-state index contributed by atoms with van der Waals surface area (Å²) in [5, 5.41) is 9.79. The van der Waals surface area contributed by atoms with E-state index in [1.54, 1.807) is 12.1 Å². The molecule has 1 spiro atoms. The highest BCUT2D eigenvalue weighted by atomic mass is 35.5. The SMILES string of the molecule is NP(O)Oc1ccc2c(c1)Oc1cc(O)ccc1C21OC(=O)c2c(Cl)c(Cl)c(Cl)c(Cl)c21. The van der Waals surface area contributed by atoms with Gasteiger partial charge in [0, 0.05) is 28.8 Å². The molecule has 32 heavy (non-hydrogen) atoms. The molecular weight excluding hydrogens is 523 g/mol. The molecule has 0 saturated carbocycles. The molecule has 3 aromatic rings. The largest absolute Gasteiger partial charge is 0.508 e. The van der Waals surface area contributed by atoms with Crippen molar-refractivity contribution in [2.75, 3.05) is 0 Å². The number of ether oxygens (including phenoxy) is 2. The van der Waals surface area contributed by atoms with Gasteiger partial charge in [-0.05, 0) is 24.3 Å². The lowest BCUT2D eigenvalue weighted by molar-refractivity contribution is 0.0224. The van der Waals surface area contributed by atoms with Crippen LogP contribution in [0.3, 0.4) is 0 Å². The molecule has 7 nitrogen and oxygen atoms in total. The summed E-state index contributed by atoms with van der Waals surface area (Å²) < 4.78 is 17.1. The van der Waals surface area contributed by atoms with Crippen LogP contribution in [0, 0.1) is 0 Å². The number of halogens is 4. The molecule has 0 aliphatic carbocycles. The molecule has 2 aliphatic rings. The number of esters is 1. The Morgan fingerprint density at radius 1 is 0.938 bits per heavy atom. The summed E-state index contributed by atoms with van der Waals surface area (Å²) in [6.07, 6.45) is 0. The molecule has 12 heteroatoms. The second-order valence-corrected chi connectivity index (χ2v) is 9.21. The summed E-state index contributed by atoms with van der Waals surface area (Å²) in [5.74, 6) is -0.248. The van der Waals surface area contributed by atoms with Gasteiger partial charge in [-0.15, -0.1) is 0 Å². The normalized spacial score (nSPS) is 19.0. The van der Waals surface area contributed by atoms with Crippen LogP contribution in [0.2, 0.25) is 20.1 Å². The predicted octanol–water partition coefficient (Wildman–Crippen LogP) is 6.13. The Labute approximate surface area is 202 Å². The van der Waals surface area contributed by atoms with E-state index in [-0.39, 0.29) is 54.2 Å². The highest BCUT2D eigenvalue weighted by molar-refractivity contribution is 7.43. The summed E-state index contributed by atoms with van der Waals surface area (Å²) in [6.45, 7) is 0. The average molecular weight is 533 g/mol. The second-order valence-electron chi connectivity index (χ2n) is 6.91. The van der Waals surface area contributed by atoms with Gasteiger partial charge in [0.05, 0.1) is 25.7 Å². The summed E-state index contributed by atoms with van der Waals surface area (Å²) in [7, 11) is -2.19. The zero-order valence-electron chi connectivity index (χ0n) is 15.5. The number of carbonyl (C=O) groups is 1. The lowest BCUT2D eigenvalue weighted by Crippen LogP contribution is -2.33. The van der Waals surface area contributed by atoms with Crippen molar-refractivity contribution in [1.82, 2.24) is 0 Å².